The van der Waals surface area contributed by atoms with Crippen LogP contribution in [0.25, 0.3) is 0 Å². The Hall–Kier alpha value is -3.55. The van der Waals surface area contributed by atoms with Crippen molar-refractivity contribution in [2.24, 2.45) is 0 Å². The molecule has 1 aliphatic carbocycles. The molecule has 2 amide bonds. The van der Waals surface area contributed by atoms with Crippen LogP contribution in [0, 0.1) is 0 Å². The van der Waals surface area contributed by atoms with Crippen LogP contribution in [0.1, 0.15) is 48.0 Å². The highest BCUT2D eigenvalue weighted by atomic mass is 16.5. The summed E-state index contributed by atoms with van der Waals surface area (Å²) in [6.45, 7) is 0.464. The van der Waals surface area contributed by atoms with E-state index in [1.54, 1.807) is 31.4 Å². The molecule has 2 aromatic rings. The molecule has 8 heteroatoms. The van der Waals surface area contributed by atoms with E-state index < -0.39 is 11.9 Å². The quantitative estimate of drug-likeness (QED) is 0.421. The third kappa shape index (κ3) is 7.24. The summed E-state index contributed by atoms with van der Waals surface area (Å²) in [7, 11) is 2.85. The van der Waals surface area contributed by atoms with Gasteiger partial charge in [0.25, 0.3) is 5.91 Å². The Morgan fingerprint density at radius 3 is 2.36 bits per heavy atom. The highest BCUT2D eigenvalue weighted by Gasteiger charge is 2.18. The van der Waals surface area contributed by atoms with Gasteiger partial charge in [-0.05, 0) is 74.1 Å². The molecule has 0 atom stereocenters. The number of hydrogen-bond donors (Lipinski definition) is 2. The predicted octanol–water partition coefficient (Wildman–Crippen LogP) is 3.49. The molecule has 2 aromatic carbocycles. The summed E-state index contributed by atoms with van der Waals surface area (Å²) in [6.07, 6.45) is 5.05. The van der Waals surface area contributed by atoms with Crippen LogP contribution in [0.15, 0.2) is 42.5 Å². The molecule has 176 valence electrons. The lowest BCUT2D eigenvalue weighted by atomic mass is 10.1. The highest BCUT2D eigenvalue weighted by Crippen LogP contribution is 2.32. The fraction of sp³-hybridized carbons (Fsp3) is 0.400. The number of benzene rings is 2. The van der Waals surface area contributed by atoms with Crippen molar-refractivity contribution in [3.63, 3.8) is 0 Å². The van der Waals surface area contributed by atoms with Crippen LogP contribution >= 0.6 is 0 Å². The van der Waals surface area contributed by atoms with Crippen molar-refractivity contribution in [3.8, 4) is 11.5 Å². The molecule has 3 rings (SSSR count). The Balaban J connectivity index is 1.49. The number of hydrogen-bond acceptors (Lipinski definition) is 6. The van der Waals surface area contributed by atoms with E-state index in [1.165, 1.54) is 20.0 Å². The monoisotopic (exact) mass is 454 g/mol. The van der Waals surface area contributed by atoms with E-state index in [1.807, 2.05) is 18.2 Å². The van der Waals surface area contributed by atoms with Crippen LogP contribution in [-0.2, 0) is 20.7 Å². The molecule has 2 N–H and O–H groups in total. The minimum Gasteiger partial charge on any atom is -0.493 e. The number of nitrogens with one attached hydrogen (secondary N) is 2. The molecule has 0 unspecified atom stereocenters. The number of rotatable bonds is 10. The lowest BCUT2D eigenvalue weighted by molar-refractivity contribution is -0.142. The summed E-state index contributed by atoms with van der Waals surface area (Å²) in [5, 5.41) is 5.49. The first-order valence-electron chi connectivity index (χ1n) is 11.1. The Bertz CT molecular complexity index is 967. The van der Waals surface area contributed by atoms with Crippen molar-refractivity contribution in [3.05, 3.63) is 53.6 Å². The summed E-state index contributed by atoms with van der Waals surface area (Å²) >= 11 is 0. The van der Waals surface area contributed by atoms with Gasteiger partial charge in [0.2, 0.25) is 5.91 Å². The second kappa shape index (κ2) is 11.9. The molecular formula is C25H30N2O6. The summed E-state index contributed by atoms with van der Waals surface area (Å²) in [6, 6.07) is 12.3. The molecule has 0 aliphatic heterocycles. The fourth-order valence-electron chi connectivity index (χ4n) is 3.69. The molecule has 1 fully saturated rings. The fourth-order valence-corrected chi connectivity index (χ4v) is 3.69. The zero-order chi connectivity index (χ0) is 23.6. The molecule has 8 nitrogen and oxygen atoms in total. The van der Waals surface area contributed by atoms with Gasteiger partial charge in [0, 0.05) is 17.8 Å². The van der Waals surface area contributed by atoms with E-state index in [4.69, 9.17) is 9.47 Å². The van der Waals surface area contributed by atoms with Gasteiger partial charge in [-0.2, -0.15) is 0 Å². The maximum atomic E-state index is 12.4. The van der Waals surface area contributed by atoms with E-state index in [9.17, 15) is 14.4 Å². The first kappa shape index (κ1) is 24.1. The van der Waals surface area contributed by atoms with Crippen molar-refractivity contribution in [1.82, 2.24) is 5.32 Å². The van der Waals surface area contributed by atoms with Crippen molar-refractivity contribution in [1.29, 1.82) is 0 Å². The SMILES string of the molecule is COC(=O)CC(=O)Nc1ccc(C(=O)NCCc2ccc(OC)c(OC3CCCC3)c2)cc1. The maximum absolute atomic E-state index is 12.4. The van der Waals surface area contributed by atoms with Gasteiger partial charge < -0.3 is 24.8 Å². The Morgan fingerprint density at radius 2 is 1.70 bits per heavy atom. The van der Waals surface area contributed by atoms with Crippen LogP contribution in [0.4, 0.5) is 5.69 Å². The van der Waals surface area contributed by atoms with Crippen LogP contribution in [-0.4, -0.2) is 44.7 Å². The second-order valence-corrected chi connectivity index (χ2v) is 7.89. The molecule has 1 aliphatic rings. The van der Waals surface area contributed by atoms with Gasteiger partial charge in [0.15, 0.2) is 11.5 Å². The first-order chi connectivity index (χ1) is 16.0. The number of amides is 2. The highest BCUT2D eigenvalue weighted by molar-refractivity contribution is 6.02. The molecule has 0 saturated heterocycles. The van der Waals surface area contributed by atoms with E-state index in [2.05, 4.69) is 15.4 Å². The minimum atomic E-state index is -0.613. The van der Waals surface area contributed by atoms with Crippen LogP contribution in [0.5, 0.6) is 11.5 Å². The van der Waals surface area contributed by atoms with Gasteiger partial charge in [-0.3, -0.25) is 14.4 Å². The predicted molar refractivity (Wildman–Crippen MR) is 124 cm³/mol. The standard InChI is InChI=1S/C25H30N2O6/c1-31-21-12-7-17(15-22(21)33-20-5-3-4-6-20)13-14-26-25(30)18-8-10-19(11-9-18)27-23(28)16-24(29)32-2/h7-12,15,20H,3-6,13-14,16H2,1-2H3,(H,26,30)(H,27,28). The van der Waals surface area contributed by atoms with Gasteiger partial charge in [-0.25, -0.2) is 0 Å². The van der Waals surface area contributed by atoms with Gasteiger partial charge >= 0.3 is 5.97 Å². The Morgan fingerprint density at radius 1 is 0.970 bits per heavy atom. The molecule has 1 saturated carbocycles. The Kier molecular flexibility index (Phi) is 8.69. The first-order valence-corrected chi connectivity index (χ1v) is 11.1. The van der Waals surface area contributed by atoms with Crippen LogP contribution in [0.3, 0.4) is 0 Å². The number of carbonyl (C=O) groups is 3. The summed E-state index contributed by atoms with van der Waals surface area (Å²) in [5.74, 6) is 0.164. The minimum absolute atomic E-state index is 0.210. The molecule has 0 radical (unpaired) electrons. The van der Waals surface area contributed by atoms with Gasteiger partial charge in [0.1, 0.15) is 6.42 Å². The topological polar surface area (TPSA) is 103 Å². The smallest absolute Gasteiger partial charge is 0.315 e. The van der Waals surface area contributed by atoms with Crippen molar-refractivity contribution >= 4 is 23.5 Å². The van der Waals surface area contributed by atoms with Gasteiger partial charge in [-0.15, -0.1) is 0 Å². The zero-order valence-electron chi connectivity index (χ0n) is 19.0. The van der Waals surface area contributed by atoms with E-state index in [0.29, 0.717) is 30.0 Å². The van der Waals surface area contributed by atoms with E-state index >= 15 is 0 Å². The molecular weight excluding hydrogens is 424 g/mol. The number of carbonyl (C=O) groups excluding carboxylic acids is 3. The molecule has 0 aromatic heterocycles. The van der Waals surface area contributed by atoms with Crippen molar-refractivity contribution in [2.75, 3.05) is 26.1 Å². The molecule has 33 heavy (non-hydrogen) atoms. The van der Waals surface area contributed by atoms with E-state index in [-0.39, 0.29) is 18.4 Å². The second-order valence-electron chi connectivity index (χ2n) is 7.89. The van der Waals surface area contributed by atoms with Gasteiger partial charge in [0.05, 0.1) is 20.3 Å². The van der Waals surface area contributed by atoms with Crippen molar-refractivity contribution < 1.29 is 28.6 Å². The number of anilines is 1. The third-order valence-electron chi connectivity index (χ3n) is 5.49. The Labute approximate surface area is 193 Å². The number of methoxy groups -OCH3 is 2. The number of ether oxygens (including phenoxy) is 3. The normalized spacial score (nSPS) is 13.3. The third-order valence-corrected chi connectivity index (χ3v) is 5.49. The lowest BCUT2D eigenvalue weighted by Gasteiger charge is -2.17. The van der Waals surface area contributed by atoms with Gasteiger partial charge in [-0.1, -0.05) is 6.07 Å². The number of esters is 1. The average Bonchev–Trinajstić information content (AvgIpc) is 3.32. The van der Waals surface area contributed by atoms with Crippen LogP contribution in [0.2, 0.25) is 0 Å². The molecule has 0 heterocycles. The van der Waals surface area contributed by atoms with Crippen LogP contribution < -0.4 is 20.1 Å². The largest absolute Gasteiger partial charge is 0.493 e. The van der Waals surface area contributed by atoms with E-state index in [0.717, 1.165) is 24.2 Å². The lowest BCUT2D eigenvalue weighted by Crippen LogP contribution is -2.25. The summed E-state index contributed by atoms with van der Waals surface area (Å²) < 4.78 is 16.0. The maximum Gasteiger partial charge on any atom is 0.315 e. The summed E-state index contributed by atoms with van der Waals surface area (Å²) in [4.78, 5) is 35.3. The summed E-state index contributed by atoms with van der Waals surface area (Å²) in [5.41, 5.74) is 2.02. The zero-order valence-corrected chi connectivity index (χ0v) is 19.0. The van der Waals surface area contributed by atoms with Crippen molar-refractivity contribution in [2.45, 2.75) is 44.6 Å². The average molecular weight is 455 g/mol. The molecule has 0 spiro atoms. The molecule has 0 bridgehead atoms.